The zero-order valence-corrected chi connectivity index (χ0v) is 12.1. The van der Waals surface area contributed by atoms with E-state index >= 15 is 0 Å². The summed E-state index contributed by atoms with van der Waals surface area (Å²) in [7, 11) is 0. The largest absolute Gasteiger partial charge is 0.386 e. The molecule has 1 atom stereocenters. The van der Waals surface area contributed by atoms with Gasteiger partial charge in [-0.15, -0.1) is 0 Å². The lowest BCUT2D eigenvalue weighted by atomic mass is 9.96. The highest BCUT2D eigenvalue weighted by Crippen LogP contribution is 2.22. The summed E-state index contributed by atoms with van der Waals surface area (Å²) >= 11 is 3.34. The standard InChI is InChI=1S/C15H16BrNO/c1-10-4-3-5-11(2)13(10)8-15(18)14-7-6-12(16)9-17-14/h3-7,9,15,18H,8H2,1-2H3. The molecule has 1 unspecified atom stereocenters. The zero-order chi connectivity index (χ0) is 13.1. The Balaban J connectivity index is 2.21. The molecule has 0 saturated carbocycles. The maximum Gasteiger partial charge on any atom is 0.1000 e. The van der Waals surface area contributed by atoms with E-state index in [1.54, 1.807) is 6.20 Å². The summed E-state index contributed by atoms with van der Waals surface area (Å²) in [6.07, 6.45) is 1.76. The molecule has 2 aromatic rings. The number of aliphatic hydroxyl groups is 1. The highest BCUT2D eigenvalue weighted by molar-refractivity contribution is 9.10. The minimum Gasteiger partial charge on any atom is -0.386 e. The van der Waals surface area contributed by atoms with Crippen LogP contribution in [0.5, 0.6) is 0 Å². The fraction of sp³-hybridized carbons (Fsp3) is 0.267. The first-order valence-electron chi connectivity index (χ1n) is 5.92. The van der Waals surface area contributed by atoms with Crippen LogP contribution in [0.3, 0.4) is 0 Å². The smallest absolute Gasteiger partial charge is 0.1000 e. The number of hydrogen-bond donors (Lipinski definition) is 1. The van der Waals surface area contributed by atoms with Gasteiger partial charge in [0.1, 0.15) is 0 Å². The third-order valence-corrected chi connectivity index (χ3v) is 3.60. The Morgan fingerprint density at radius 2 is 1.83 bits per heavy atom. The van der Waals surface area contributed by atoms with E-state index < -0.39 is 6.10 Å². The van der Waals surface area contributed by atoms with Crippen molar-refractivity contribution in [1.29, 1.82) is 0 Å². The zero-order valence-electron chi connectivity index (χ0n) is 10.5. The molecular weight excluding hydrogens is 290 g/mol. The maximum absolute atomic E-state index is 10.2. The van der Waals surface area contributed by atoms with Crippen LogP contribution in [-0.4, -0.2) is 10.1 Å². The quantitative estimate of drug-likeness (QED) is 0.937. The molecule has 1 aromatic carbocycles. The maximum atomic E-state index is 10.2. The first-order chi connectivity index (χ1) is 8.58. The van der Waals surface area contributed by atoms with E-state index in [0.717, 1.165) is 4.47 Å². The number of hydrogen-bond acceptors (Lipinski definition) is 2. The van der Waals surface area contributed by atoms with Gasteiger partial charge in [0.2, 0.25) is 0 Å². The highest BCUT2D eigenvalue weighted by atomic mass is 79.9. The Morgan fingerprint density at radius 3 is 2.39 bits per heavy atom. The van der Waals surface area contributed by atoms with Gasteiger partial charge in [-0.3, -0.25) is 4.98 Å². The number of rotatable bonds is 3. The van der Waals surface area contributed by atoms with Crippen LogP contribution in [0.1, 0.15) is 28.5 Å². The Hall–Kier alpha value is -1.19. The molecular formula is C15H16BrNO. The minimum absolute atomic E-state index is 0.558. The van der Waals surface area contributed by atoms with Crippen molar-refractivity contribution in [3.8, 4) is 0 Å². The molecule has 1 N–H and O–H groups in total. The SMILES string of the molecule is Cc1cccc(C)c1CC(O)c1ccc(Br)cn1. The van der Waals surface area contributed by atoms with Crippen molar-refractivity contribution >= 4 is 15.9 Å². The lowest BCUT2D eigenvalue weighted by molar-refractivity contribution is 0.173. The van der Waals surface area contributed by atoms with Gasteiger partial charge in [-0.1, -0.05) is 18.2 Å². The third kappa shape index (κ3) is 2.98. The van der Waals surface area contributed by atoms with Crippen LogP contribution in [0.25, 0.3) is 0 Å². The average Bonchev–Trinajstić information content (AvgIpc) is 2.34. The molecule has 0 aliphatic rings. The molecule has 0 spiro atoms. The van der Waals surface area contributed by atoms with E-state index in [9.17, 15) is 5.11 Å². The van der Waals surface area contributed by atoms with Crippen LogP contribution >= 0.6 is 15.9 Å². The molecule has 0 saturated heterocycles. The molecule has 0 radical (unpaired) electrons. The van der Waals surface area contributed by atoms with Crippen molar-refractivity contribution in [3.05, 3.63) is 63.4 Å². The van der Waals surface area contributed by atoms with Gasteiger partial charge in [0.25, 0.3) is 0 Å². The second-order valence-electron chi connectivity index (χ2n) is 4.49. The first-order valence-corrected chi connectivity index (χ1v) is 6.72. The van der Waals surface area contributed by atoms with Gasteiger partial charge in [-0.25, -0.2) is 0 Å². The Labute approximate surface area is 116 Å². The number of halogens is 1. The predicted octanol–water partition coefficient (Wildman–Crippen LogP) is 3.74. The summed E-state index contributed by atoms with van der Waals surface area (Å²) < 4.78 is 0.922. The second-order valence-corrected chi connectivity index (χ2v) is 5.41. The molecule has 3 heteroatoms. The van der Waals surface area contributed by atoms with Crippen molar-refractivity contribution in [2.75, 3.05) is 0 Å². The summed E-state index contributed by atoms with van der Waals surface area (Å²) in [5.41, 5.74) is 4.34. The van der Waals surface area contributed by atoms with Gasteiger partial charge in [-0.05, 0) is 58.6 Å². The molecule has 0 amide bonds. The molecule has 2 nitrogen and oxygen atoms in total. The monoisotopic (exact) mass is 305 g/mol. The van der Waals surface area contributed by atoms with Crippen molar-refractivity contribution in [2.24, 2.45) is 0 Å². The number of aryl methyl sites for hydroxylation is 2. The molecule has 2 rings (SSSR count). The van der Waals surface area contributed by atoms with Crippen molar-refractivity contribution < 1.29 is 5.11 Å². The van der Waals surface area contributed by atoms with Crippen LogP contribution < -0.4 is 0 Å². The number of aliphatic hydroxyl groups excluding tert-OH is 1. The molecule has 1 heterocycles. The van der Waals surface area contributed by atoms with Crippen LogP contribution in [0.2, 0.25) is 0 Å². The Bertz CT molecular complexity index is 516. The number of benzene rings is 1. The van der Waals surface area contributed by atoms with Gasteiger partial charge in [0, 0.05) is 17.1 Å². The highest BCUT2D eigenvalue weighted by Gasteiger charge is 2.12. The van der Waals surface area contributed by atoms with Gasteiger partial charge in [0.15, 0.2) is 0 Å². The van der Waals surface area contributed by atoms with Crippen LogP contribution in [-0.2, 0) is 6.42 Å². The van der Waals surface area contributed by atoms with Crippen LogP contribution in [0.4, 0.5) is 0 Å². The lowest BCUT2D eigenvalue weighted by Gasteiger charge is -2.14. The molecule has 94 valence electrons. The third-order valence-electron chi connectivity index (χ3n) is 3.13. The molecule has 1 aromatic heterocycles. The summed E-state index contributed by atoms with van der Waals surface area (Å²) in [6.45, 7) is 4.15. The van der Waals surface area contributed by atoms with Gasteiger partial charge in [-0.2, -0.15) is 0 Å². The van der Waals surface area contributed by atoms with E-state index in [1.165, 1.54) is 16.7 Å². The van der Waals surface area contributed by atoms with E-state index in [1.807, 2.05) is 18.2 Å². The number of pyridine rings is 1. The molecule has 0 bridgehead atoms. The normalized spacial score (nSPS) is 12.4. The van der Waals surface area contributed by atoms with E-state index in [2.05, 4.69) is 46.9 Å². The van der Waals surface area contributed by atoms with Gasteiger partial charge in [0.05, 0.1) is 11.8 Å². The number of nitrogens with zero attached hydrogens (tertiary/aromatic N) is 1. The predicted molar refractivity (Wildman–Crippen MR) is 76.5 cm³/mol. The molecule has 0 fully saturated rings. The second kappa shape index (κ2) is 5.63. The van der Waals surface area contributed by atoms with Crippen LogP contribution in [0.15, 0.2) is 41.0 Å². The Kier molecular flexibility index (Phi) is 4.15. The van der Waals surface area contributed by atoms with Gasteiger partial charge < -0.3 is 5.11 Å². The molecule has 0 aliphatic heterocycles. The summed E-state index contributed by atoms with van der Waals surface area (Å²) in [6, 6.07) is 9.94. The van der Waals surface area contributed by atoms with E-state index in [4.69, 9.17) is 0 Å². The lowest BCUT2D eigenvalue weighted by Crippen LogP contribution is -2.06. The minimum atomic E-state index is -0.558. The van der Waals surface area contributed by atoms with E-state index in [-0.39, 0.29) is 0 Å². The topological polar surface area (TPSA) is 33.1 Å². The molecule has 0 aliphatic carbocycles. The summed E-state index contributed by atoms with van der Waals surface area (Å²) in [5.74, 6) is 0. The van der Waals surface area contributed by atoms with Crippen LogP contribution in [0, 0.1) is 13.8 Å². The molecule has 18 heavy (non-hydrogen) atoms. The van der Waals surface area contributed by atoms with Crippen molar-refractivity contribution in [1.82, 2.24) is 4.98 Å². The summed E-state index contributed by atoms with van der Waals surface area (Å²) in [4.78, 5) is 4.24. The van der Waals surface area contributed by atoms with Crippen molar-refractivity contribution in [2.45, 2.75) is 26.4 Å². The first kappa shape index (κ1) is 13.2. The summed E-state index contributed by atoms with van der Waals surface area (Å²) in [5, 5.41) is 10.2. The van der Waals surface area contributed by atoms with E-state index in [0.29, 0.717) is 12.1 Å². The fourth-order valence-electron chi connectivity index (χ4n) is 2.05. The Morgan fingerprint density at radius 1 is 1.17 bits per heavy atom. The van der Waals surface area contributed by atoms with Crippen molar-refractivity contribution in [3.63, 3.8) is 0 Å². The average molecular weight is 306 g/mol. The fourth-order valence-corrected chi connectivity index (χ4v) is 2.29. The number of aromatic nitrogens is 1. The van der Waals surface area contributed by atoms with Gasteiger partial charge >= 0.3 is 0 Å².